The Morgan fingerprint density at radius 2 is 1.85 bits per heavy atom. The highest BCUT2D eigenvalue weighted by Crippen LogP contribution is 2.29. The van der Waals surface area contributed by atoms with E-state index < -0.39 is 6.36 Å². The first kappa shape index (κ1) is 23.0. The van der Waals surface area contributed by atoms with E-state index in [0.29, 0.717) is 5.69 Å². The number of alkyl halides is 3. The van der Waals surface area contributed by atoms with Gasteiger partial charge in [0.05, 0.1) is 17.3 Å². The Hall–Kier alpha value is -3.20. The summed E-state index contributed by atoms with van der Waals surface area (Å²) in [4.78, 5) is 15.6. The number of thiophene rings is 1. The summed E-state index contributed by atoms with van der Waals surface area (Å²) < 4.78 is 40.7. The molecule has 33 heavy (non-hydrogen) atoms. The van der Waals surface area contributed by atoms with Crippen LogP contribution in [0.4, 0.5) is 19.0 Å². The number of fused-ring (bicyclic) bond motifs is 1. The van der Waals surface area contributed by atoms with Crippen LogP contribution >= 0.6 is 11.3 Å². The van der Waals surface area contributed by atoms with E-state index in [1.165, 1.54) is 22.6 Å². The van der Waals surface area contributed by atoms with Gasteiger partial charge in [-0.15, -0.1) is 24.5 Å². The SMILES string of the molecule is CCc1nc(NCCCc2ccc(-c3ccc(OC(F)(F)F)cn3)cc2)c2cc(C)sc2n1. The van der Waals surface area contributed by atoms with Gasteiger partial charge >= 0.3 is 6.36 Å². The van der Waals surface area contributed by atoms with E-state index in [1.54, 1.807) is 11.3 Å². The van der Waals surface area contributed by atoms with E-state index in [0.717, 1.165) is 59.4 Å². The number of halogens is 3. The highest BCUT2D eigenvalue weighted by molar-refractivity contribution is 7.18. The van der Waals surface area contributed by atoms with E-state index in [9.17, 15) is 13.2 Å². The van der Waals surface area contributed by atoms with Crippen molar-refractivity contribution in [3.8, 4) is 17.0 Å². The van der Waals surface area contributed by atoms with Crippen LogP contribution in [0.5, 0.6) is 5.75 Å². The van der Waals surface area contributed by atoms with Gasteiger partial charge in [-0.2, -0.15) is 0 Å². The van der Waals surface area contributed by atoms with E-state index in [1.807, 2.05) is 24.3 Å². The van der Waals surface area contributed by atoms with Gasteiger partial charge in [0.25, 0.3) is 0 Å². The summed E-state index contributed by atoms with van der Waals surface area (Å²) in [6.45, 7) is 4.91. The fourth-order valence-corrected chi connectivity index (χ4v) is 4.36. The van der Waals surface area contributed by atoms with Crippen molar-refractivity contribution in [1.29, 1.82) is 0 Å². The molecule has 0 radical (unpaired) electrons. The monoisotopic (exact) mass is 472 g/mol. The molecule has 172 valence electrons. The molecule has 0 bridgehead atoms. The predicted octanol–water partition coefficient (Wildman–Crippen LogP) is 6.57. The molecule has 0 amide bonds. The van der Waals surface area contributed by atoms with Crippen LogP contribution in [0, 0.1) is 6.92 Å². The standard InChI is InChI=1S/C24H23F3N4OS/c1-3-21-30-22(19-13-15(2)33-23(19)31-21)28-12-4-5-16-6-8-17(9-7-16)20-11-10-18(14-29-20)32-24(25,26)27/h6-11,13-14H,3-5,12H2,1-2H3,(H,28,30,31). The summed E-state index contributed by atoms with van der Waals surface area (Å²) in [5.41, 5.74) is 2.59. The number of hydrogen-bond acceptors (Lipinski definition) is 6. The third-order valence-electron chi connectivity index (χ3n) is 5.03. The molecule has 0 aliphatic rings. The number of benzene rings is 1. The molecule has 0 saturated carbocycles. The summed E-state index contributed by atoms with van der Waals surface area (Å²) in [7, 11) is 0. The lowest BCUT2D eigenvalue weighted by Gasteiger charge is -2.10. The van der Waals surface area contributed by atoms with E-state index in [4.69, 9.17) is 0 Å². The van der Waals surface area contributed by atoms with E-state index in [-0.39, 0.29) is 5.75 Å². The smallest absolute Gasteiger partial charge is 0.404 e. The molecule has 3 aromatic heterocycles. The summed E-state index contributed by atoms with van der Waals surface area (Å²) in [6.07, 6.45) is -1.04. The summed E-state index contributed by atoms with van der Waals surface area (Å²) in [6, 6.07) is 12.8. The van der Waals surface area contributed by atoms with Crippen molar-refractivity contribution in [2.45, 2.75) is 39.5 Å². The van der Waals surface area contributed by atoms with Gasteiger partial charge in [0.15, 0.2) is 0 Å². The summed E-state index contributed by atoms with van der Waals surface area (Å²) >= 11 is 1.68. The second-order valence-electron chi connectivity index (χ2n) is 7.57. The van der Waals surface area contributed by atoms with Crippen molar-refractivity contribution in [1.82, 2.24) is 15.0 Å². The molecule has 0 unspecified atom stereocenters. The summed E-state index contributed by atoms with van der Waals surface area (Å²) in [5.74, 6) is 1.40. The van der Waals surface area contributed by atoms with Gasteiger partial charge in [-0.05, 0) is 43.5 Å². The van der Waals surface area contributed by atoms with Crippen LogP contribution < -0.4 is 10.1 Å². The normalized spacial score (nSPS) is 11.7. The zero-order chi connectivity index (χ0) is 23.4. The van der Waals surface area contributed by atoms with Crippen molar-refractivity contribution in [2.75, 3.05) is 11.9 Å². The quantitative estimate of drug-likeness (QED) is 0.294. The highest BCUT2D eigenvalue weighted by Gasteiger charge is 2.31. The second kappa shape index (κ2) is 9.74. The molecule has 4 rings (SSSR count). The van der Waals surface area contributed by atoms with Crippen molar-refractivity contribution < 1.29 is 17.9 Å². The number of ether oxygens (including phenoxy) is 1. The second-order valence-corrected chi connectivity index (χ2v) is 8.81. The molecular formula is C24H23F3N4OS. The number of aryl methyl sites for hydroxylation is 3. The maximum absolute atomic E-state index is 12.3. The number of rotatable bonds is 8. The van der Waals surface area contributed by atoms with Gasteiger partial charge in [-0.3, -0.25) is 4.98 Å². The molecule has 0 aliphatic heterocycles. The van der Waals surface area contributed by atoms with Gasteiger partial charge in [-0.25, -0.2) is 9.97 Å². The molecule has 0 aliphatic carbocycles. The van der Waals surface area contributed by atoms with Crippen LogP contribution in [0.2, 0.25) is 0 Å². The van der Waals surface area contributed by atoms with E-state index in [2.05, 4.69) is 44.9 Å². The fourth-order valence-electron chi connectivity index (χ4n) is 3.47. The first-order valence-electron chi connectivity index (χ1n) is 10.6. The predicted molar refractivity (Wildman–Crippen MR) is 125 cm³/mol. The lowest BCUT2D eigenvalue weighted by atomic mass is 10.1. The highest BCUT2D eigenvalue weighted by atomic mass is 32.1. The van der Waals surface area contributed by atoms with Gasteiger partial charge in [0, 0.05) is 23.4 Å². The van der Waals surface area contributed by atoms with Crippen molar-refractivity contribution in [3.63, 3.8) is 0 Å². The van der Waals surface area contributed by atoms with E-state index >= 15 is 0 Å². The van der Waals surface area contributed by atoms with Gasteiger partial charge in [0.2, 0.25) is 0 Å². The maximum atomic E-state index is 12.3. The summed E-state index contributed by atoms with van der Waals surface area (Å²) in [5, 5.41) is 4.53. The third-order valence-corrected chi connectivity index (χ3v) is 5.98. The van der Waals surface area contributed by atoms with Crippen LogP contribution in [0.1, 0.15) is 29.6 Å². The minimum atomic E-state index is -4.72. The molecule has 0 saturated heterocycles. The fraction of sp³-hybridized carbons (Fsp3) is 0.292. The zero-order valence-electron chi connectivity index (χ0n) is 18.2. The van der Waals surface area contributed by atoms with Crippen molar-refractivity contribution in [2.24, 2.45) is 0 Å². The third kappa shape index (κ3) is 5.98. The maximum Gasteiger partial charge on any atom is 0.573 e. The van der Waals surface area contributed by atoms with Crippen LogP contribution in [-0.4, -0.2) is 27.9 Å². The molecule has 0 spiro atoms. The van der Waals surface area contributed by atoms with Gasteiger partial charge in [0.1, 0.15) is 22.2 Å². The van der Waals surface area contributed by atoms with Crippen LogP contribution in [0.15, 0.2) is 48.7 Å². The number of nitrogens with zero attached hydrogens (tertiary/aromatic N) is 3. The molecule has 3 heterocycles. The zero-order valence-corrected chi connectivity index (χ0v) is 19.1. The Morgan fingerprint density at radius 3 is 2.52 bits per heavy atom. The lowest BCUT2D eigenvalue weighted by molar-refractivity contribution is -0.274. The van der Waals surface area contributed by atoms with Crippen LogP contribution in [-0.2, 0) is 12.8 Å². The van der Waals surface area contributed by atoms with Crippen molar-refractivity contribution in [3.05, 3.63) is 64.9 Å². The average Bonchev–Trinajstić information content (AvgIpc) is 3.16. The molecule has 0 atom stereocenters. The number of aromatic nitrogens is 3. The largest absolute Gasteiger partial charge is 0.573 e. The molecule has 1 aromatic carbocycles. The topological polar surface area (TPSA) is 59.9 Å². The minimum absolute atomic E-state index is 0.333. The average molecular weight is 473 g/mol. The number of hydrogen-bond donors (Lipinski definition) is 1. The molecule has 4 aromatic rings. The Labute approximate surface area is 193 Å². The minimum Gasteiger partial charge on any atom is -0.404 e. The molecule has 1 N–H and O–H groups in total. The van der Waals surface area contributed by atoms with Crippen molar-refractivity contribution >= 4 is 27.4 Å². The first-order valence-corrected chi connectivity index (χ1v) is 11.4. The number of nitrogens with one attached hydrogen (secondary N) is 1. The Kier molecular flexibility index (Phi) is 6.78. The van der Waals surface area contributed by atoms with Crippen LogP contribution in [0.25, 0.3) is 21.5 Å². The lowest BCUT2D eigenvalue weighted by Crippen LogP contribution is -2.17. The van der Waals surface area contributed by atoms with Gasteiger partial charge < -0.3 is 10.1 Å². The Balaban J connectivity index is 1.33. The molecule has 0 fully saturated rings. The molecule has 5 nitrogen and oxygen atoms in total. The number of pyridine rings is 1. The Morgan fingerprint density at radius 1 is 1.06 bits per heavy atom. The molecular weight excluding hydrogens is 449 g/mol. The first-order chi connectivity index (χ1) is 15.8. The number of anilines is 1. The van der Waals surface area contributed by atoms with Gasteiger partial charge in [-0.1, -0.05) is 31.2 Å². The van der Waals surface area contributed by atoms with Crippen LogP contribution in [0.3, 0.4) is 0 Å². The Bertz CT molecular complexity index is 1220. The molecule has 9 heteroatoms.